The number of carbonyl (C=O) groups excluding carboxylic acids is 1. The number of halogens is 1. The summed E-state index contributed by atoms with van der Waals surface area (Å²) in [5.41, 5.74) is 0. The summed E-state index contributed by atoms with van der Waals surface area (Å²) >= 11 is 1.79. The Morgan fingerprint density at radius 1 is 1.20 bits per heavy atom. The van der Waals surface area contributed by atoms with Gasteiger partial charge in [-0.1, -0.05) is 6.07 Å². The van der Waals surface area contributed by atoms with E-state index in [1.54, 1.807) is 16.2 Å². The smallest absolute Gasteiger partial charge is 0.409 e. The van der Waals surface area contributed by atoms with E-state index in [4.69, 9.17) is 14.5 Å². The first-order chi connectivity index (χ1) is 14.2. The molecule has 0 aliphatic carbocycles. The van der Waals surface area contributed by atoms with Crippen molar-refractivity contribution in [2.24, 2.45) is 4.99 Å². The standard InChI is InChI=1S/C20H33N5O3S.HI/c1-3-21-19(24-7-9-25(10-8-24)20(26)28-4-2)22-16-17(18-6-5-15-29-18)23-11-13-27-14-12-23;/h5-6,15,17H,3-4,7-14,16H2,1-2H3,(H,21,22);1H. The molecular formula is C20H34IN5O3S. The number of nitrogens with one attached hydrogen (secondary N) is 1. The molecule has 0 aromatic carbocycles. The van der Waals surface area contributed by atoms with Crippen LogP contribution in [0.5, 0.6) is 0 Å². The molecule has 2 aliphatic heterocycles. The summed E-state index contributed by atoms with van der Waals surface area (Å²) < 4.78 is 10.7. The van der Waals surface area contributed by atoms with Crippen molar-refractivity contribution in [1.82, 2.24) is 20.0 Å². The number of rotatable bonds is 6. The number of hydrogen-bond donors (Lipinski definition) is 1. The highest BCUT2D eigenvalue weighted by Crippen LogP contribution is 2.26. The molecule has 10 heteroatoms. The van der Waals surface area contributed by atoms with Crippen LogP contribution in [0.4, 0.5) is 4.79 Å². The molecule has 3 rings (SSSR count). The molecule has 3 heterocycles. The lowest BCUT2D eigenvalue weighted by molar-refractivity contribution is 0.0186. The van der Waals surface area contributed by atoms with Gasteiger partial charge >= 0.3 is 6.09 Å². The summed E-state index contributed by atoms with van der Waals surface area (Å²) in [7, 11) is 0. The van der Waals surface area contributed by atoms with Gasteiger partial charge < -0.3 is 24.6 Å². The van der Waals surface area contributed by atoms with Crippen LogP contribution in [-0.4, -0.2) is 98.9 Å². The number of piperazine rings is 1. The number of amides is 1. The highest BCUT2D eigenvalue weighted by Gasteiger charge is 2.26. The van der Waals surface area contributed by atoms with Gasteiger partial charge in [0, 0.05) is 50.7 Å². The maximum atomic E-state index is 11.9. The van der Waals surface area contributed by atoms with Crippen LogP contribution < -0.4 is 5.32 Å². The molecule has 2 saturated heterocycles. The van der Waals surface area contributed by atoms with Gasteiger partial charge in [0.15, 0.2) is 5.96 Å². The maximum Gasteiger partial charge on any atom is 0.409 e. The van der Waals surface area contributed by atoms with Crippen molar-refractivity contribution in [2.75, 3.05) is 72.2 Å². The summed E-state index contributed by atoms with van der Waals surface area (Å²) in [5, 5.41) is 5.56. The molecule has 1 atom stereocenters. The molecule has 1 N–H and O–H groups in total. The fourth-order valence-corrected chi connectivity index (χ4v) is 4.52. The van der Waals surface area contributed by atoms with Crippen LogP contribution in [0.2, 0.25) is 0 Å². The van der Waals surface area contributed by atoms with Crippen molar-refractivity contribution in [3.8, 4) is 0 Å². The number of hydrogen-bond acceptors (Lipinski definition) is 6. The van der Waals surface area contributed by atoms with Gasteiger partial charge in [0.05, 0.1) is 32.4 Å². The SMILES string of the molecule is CCNC(=NCC(c1cccs1)N1CCOCC1)N1CCN(C(=O)OCC)CC1.I. The number of morpholine rings is 1. The number of carbonyl (C=O) groups is 1. The predicted molar refractivity (Wildman–Crippen MR) is 131 cm³/mol. The monoisotopic (exact) mass is 551 g/mol. The predicted octanol–water partition coefficient (Wildman–Crippen LogP) is 2.48. The van der Waals surface area contributed by atoms with Gasteiger partial charge in [-0.2, -0.15) is 0 Å². The Morgan fingerprint density at radius 2 is 1.90 bits per heavy atom. The van der Waals surface area contributed by atoms with Gasteiger partial charge in [-0.25, -0.2) is 4.79 Å². The number of aliphatic imine (C=N–C) groups is 1. The summed E-state index contributed by atoms with van der Waals surface area (Å²) in [6, 6.07) is 4.58. The quantitative estimate of drug-likeness (QED) is 0.333. The molecule has 1 unspecified atom stereocenters. The Labute approximate surface area is 200 Å². The summed E-state index contributed by atoms with van der Waals surface area (Å²) in [6.45, 7) is 12.1. The zero-order valence-corrected chi connectivity index (χ0v) is 21.1. The molecule has 1 aromatic rings. The van der Waals surface area contributed by atoms with Crippen molar-refractivity contribution in [2.45, 2.75) is 19.9 Å². The third-order valence-electron chi connectivity index (χ3n) is 5.21. The fourth-order valence-electron chi connectivity index (χ4n) is 3.67. The Morgan fingerprint density at radius 3 is 2.50 bits per heavy atom. The Kier molecular flexibility index (Phi) is 11.2. The normalized spacial score (nSPS) is 19.2. The second-order valence-electron chi connectivity index (χ2n) is 7.05. The first kappa shape index (κ1) is 25.2. The Bertz CT molecular complexity index is 647. The van der Waals surface area contributed by atoms with E-state index in [2.05, 4.69) is 39.6 Å². The Hall–Kier alpha value is -1.11. The minimum atomic E-state index is -0.223. The van der Waals surface area contributed by atoms with E-state index in [0.717, 1.165) is 51.9 Å². The molecule has 170 valence electrons. The van der Waals surface area contributed by atoms with E-state index in [0.29, 0.717) is 26.2 Å². The number of guanidine groups is 1. The molecule has 0 spiro atoms. The molecule has 2 aliphatic rings. The van der Waals surface area contributed by atoms with Gasteiger partial charge in [-0.05, 0) is 25.3 Å². The second kappa shape index (κ2) is 13.3. The highest BCUT2D eigenvalue weighted by atomic mass is 127. The lowest BCUT2D eigenvalue weighted by atomic mass is 10.2. The zero-order valence-electron chi connectivity index (χ0n) is 17.9. The molecule has 1 aromatic heterocycles. The first-order valence-electron chi connectivity index (χ1n) is 10.5. The van der Waals surface area contributed by atoms with E-state index in [9.17, 15) is 4.79 Å². The van der Waals surface area contributed by atoms with Crippen LogP contribution in [0.15, 0.2) is 22.5 Å². The van der Waals surface area contributed by atoms with Crippen LogP contribution in [0.1, 0.15) is 24.8 Å². The molecule has 2 fully saturated rings. The largest absolute Gasteiger partial charge is 0.450 e. The van der Waals surface area contributed by atoms with E-state index in [1.807, 2.05) is 6.92 Å². The van der Waals surface area contributed by atoms with Crippen molar-refractivity contribution in [3.63, 3.8) is 0 Å². The van der Waals surface area contributed by atoms with E-state index < -0.39 is 0 Å². The molecule has 0 radical (unpaired) electrons. The number of thiophene rings is 1. The first-order valence-corrected chi connectivity index (χ1v) is 11.4. The minimum Gasteiger partial charge on any atom is -0.450 e. The lowest BCUT2D eigenvalue weighted by Crippen LogP contribution is -2.54. The zero-order chi connectivity index (χ0) is 20.5. The Balaban J connectivity index is 0.00000320. The summed E-state index contributed by atoms with van der Waals surface area (Å²) in [5.74, 6) is 0.922. The van der Waals surface area contributed by atoms with Crippen LogP contribution in [0.25, 0.3) is 0 Å². The van der Waals surface area contributed by atoms with Gasteiger partial charge in [-0.15, -0.1) is 35.3 Å². The molecule has 30 heavy (non-hydrogen) atoms. The maximum absolute atomic E-state index is 11.9. The topological polar surface area (TPSA) is 69.6 Å². The third-order valence-corrected chi connectivity index (χ3v) is 6.19. The second-order valence-corrected chi connectivity index (χ2v) is 8.03. The van der Waals surface area contributed by atoms with Crippen LogP contribution in [0, 0.1) is 0 Å². The molecular weight excluding hydrogens is 517 g/mol. The number of nitrogens with zero attached hydrogens (tertiary/aromatic N) is 4. The minimum absolute atomic E-state index is 0. The van der Waals surface area contributed by atoms with Crippen molar-refractivity contribution in [3.05, 3.63) is 22.4 Å². The van der Waals surface area contributed by atoms with Crippen LogP contribution in [-0.2, 0) is 9.47 Å². The number of ether oxygens (including phenoxy) is 2. The van der Waals surface area contributed by atoms with Gasteiger partial charge in [0.25, 0.3) is 0 Å². The van der Waals surface area contributed by atoms with Crippen molar-refractivity contribution >= 4 is 47.4 Å². The average Bonchev–Trinajstić information content (AvgIpc) is 3.29. The molecule has 0 saturated carbocycles. The van der Waals surface area contributed by atoms with Crippen LogP contribution >= 0.6 is 35.3 Å². The lowest BCUT2D eigenvalue weighted by Gasteiger charge is -2.36. The van der Waals surface area contributed by atoms with Gasteiger partial charge in [0.2, 0.25) is 0 Å². The van der Waals surface area contributed by atoms with Crippen LogP contribution in [0.3, 0.4) is 0 Å². The fraction of sp³-hybridized carbons (Fsp3) is 0.700. The van der Waals surface area contributed by atoms with E-state index in [1.165, 1.54) is 4.88 Å². The van der Waals surface area contributed by atoms with Gasteiger partial charge in [0.1, 0.15) is 0 Å². The van der Waals surface area contributed by atoms with E-state index in [-0.39, 0.29) is 36.1 Å². The van der Waals surface area contributed by atoms with Crippen molar-refractivity contribution < 1.29 is 14.3 Å². The third kappa shape index (κ3) is 6.96. The van der Waals surface area contributed by atoms with Crippen molar-refractivity contribution in [1.29, 1.82) is 0 Å². The molecule has 1 amide bonds. The highest BCUT2D eigenvalue weighted by molar-refractivity contribution is 14.0. The summed E-state index contributed by atoms with van der Waals surface area (Å²) in [4.78, 5) is 24.8. The van der Waals surface area contributed by atoms with Gasteiger partial charge in [-0.3, -0.25) is 9.89 Å². The van der Waals surface area contributed by atoms with E-state index >= 15 is 0 Å². The summed E-state index contributed by atoms with van der Waals surface area (Å²) in [6.07, 6.45) is -0.223. The average molecular weight is 551 g/mol. The molecule has 8 nitrogen and oxygen atoms in total. The molecule has 0 bridgehead atoms.